The maximum Gasteiger partial charge on any atom is 0.240 e. The van der Waals surface area contributed by atoms with E-state index < -0.39 is 0 Å². The predicted octanol–water partition coefficient (Wildman–Crippen LogP) is 1.07. The van der Waals surface area contributed by atoms with Gasteiger partial charge in [-0.3, -0.25) is 4.79 Å². The minimum Gasteiger partial charge on any atom is -0.332 e. The number of thiazole rings is 1. The number of carbonyl (C=O) groups excluding carboxylic acids is 1. The van der Waals surface area contributed by atoms with Crippen LogP contribution in [0.15, 0.2) is 6.20 Å². The van der Waals surface area contributed by atoms with Gasteiger partial charge >= 0.3 is 0 Å². The van der Waals surface area contributed by atoms with E-state index in [-0.39, 0.29) is 18.0 Å². The van der Waals surface area contributed by atoms with Gasteiger partial charge in [-0.1, -0.05) is 0 Å². The van der Waals surface area contributed by atoms with Gasteiger partial charge in [-0.25, -0.2) is 4.98 Å². The van der Waals surface area contributed by atoms with Crippen LogP contribution in [0.4, 0.5) is 0 Å². The quantitative estimate of drug-likeness (QED) is 0.819. The van der Waals surface area contributed by atoms with Gasteiger partial charge in [-0.2, -0.15) is 0 Å². The van der Waals surface area contributed by atoms with Crippen molar-refractivity contribution in [1.82, 2.24) is 9.88 Å². The molecule has 0 aliphatic carbocycles. The van der Waals surface area contributed by atoms with Crippen LogP contribution in [0.1, 0.15) is 29.3 Å². The maximum atomic E-state index is 11.7. The number of nitrogens with two attached hydrogens (primary N) is 1. The standard InChI is InChI=1S/C10H15N3OS/c1-6-5-12-9(15-6)7(2)13-4-3-8(11)10(13)14/h5,7-8H,3-4,11H2,1-2H3. The molecule has 5 heteroatoms. The average Bonchev–Trinajstić information content (AvgIpc) is 2.75. The lowest BCUT2D eigenvalue weighted by atomic mass is 10.3. The summed E-state index contributed by atoms with van der Waals surface area (Å²) in [4.78, 5) is 19.0. The van der Waals surface area contributed by atoms with Gasteiger partial charge in [0, 0.05) is 17.6 Å². The smallest absolute Gasteiger partial charge is 0.240 e. The Bertz CT molecular complexity index is 376. The van der Waals surface area contributed by atoms with Crippen LogP contribution in [0.3, 0.4) is 0 Å². The Morgan fingerprint density at radius 1 is 1.73 bits per heavy atom. The molecule has 1 saturated heterocycles. The van der Waals surface area contributed by atoms with E-state index in [0.717, 1.165) is 18.0 Å². The van der Waals surface area contributed by atoms with Crippen LogP contribution in [0, 0.1) is 6.92 Å². The van der Waals surface area contributed by atoms with Crippen LogP contribution in [-0.2, 0) is 4.79 Å². The molecular formula is C10H15N3OS. The number of hydrogen-bond acceptors (Lipinski definition) is 4. The van der Waals surface area contributed by atoms with E-state index in [1.54, 1.807) is 11.3 Å². The molecule has 0 saturated carbocycles. The highest BCUT2D eigenvalue weighted by Crippen LogP contribution is 2.27. The molecule has 1 fully saturated rings. The molecule has 82 valence electrons. The summed E-state index contributed by atoms with van der Waals surface area (Å²) in [5, 5.41) is 0.995. The van der Waals surface area contributed by atoms with Crippen molar-refractivity contribution in [3.63, 3.8) is 0 Å². The molecule has 2 N–H and O–H groups in total. The molecule has 2 rings (SSSR count). The zero-order chi connectivity index (χ0) is 11.0. The van der Waals surface area contributed by atoms with E-state index >= 15 is 0 Å². The third kappa shape index (κ3) is 1.89. The fraction of sp³-hybridized carbons (Fsp3) is 0.600. The zero-order valence-electron chi connectivity index (χ0n) is 8.93. The summed E-state index contributed by atoms with van der Waals surface area (Å²) in [6.45, 7) is 4.78. The summed E-state index contributed by atoms with van der Waals surface area (Å²) in [5.74, 6) is 0.0513. The summed E-state index contributed by atoms with van der Waals surface area (Å²) in [6, 6.07) is -0.252. The molecule has 0 bridgehead atoms. The van der Waals surface area contributed by atoms with Gasteiger partial charge in [0.15, 0.2) is 0 Å². The first-order valence-electron chi connectivity index (χ1n) is 5.08. The van der Waals surface area contributed by atoms with Crippen LogP contribution in [-0.4, -0.2) is 28.4 Å². The molecule has 2 unspecified atom stereocenters. The molecule has 15 heavy (non-hydrogen) atoms. The average molecular weight is 225 g/mol. The molecule has 0 radical (unpaired) electrons. The van der Waals surface area contributed by atoms with Crippen molar-refractivity contribution in [3.8, 4) is 0 Å². The van der Waals surface area contributed by atoms with Crippen molar-refractivity contribution in [1.29, 1.82) is 0 Å². The molecule has 2 heterocycles. The first-order chi connectivity index (χ1) is 7.09. The van der Waals surface area contributed by atoms with Gasteiger partial charge in [0.25, 0.3) is 0 Å². The Balaban J connectivity index is 2.15. The third-order valence-electron chi connectivity index (χ3n) is 2.75. The Labute approximate surface area is 93.1 Å². The lowest BCUT2D eigenvalue weighted by Crippen LogP contribution is -2.35. The molecule has 1 amide bonds. The van der Waals surface area contributed by atoms with Gasteiger partial charge < -0.3 is 10.6 Å². The van der Waals surface area contributed by atoms with E-state index in [0.29, 0.717) is 0 Å². The van der Waals surface area contributed by atoms with Crippen molar-refractivity contribution in [3.05, 3.63) is 16.1 Å². The largest absolute Gasteiger partial charge is 0.332 e. The molecule has 2 atom stereocenters. The molecule has 1 aliphatic rings. The number of rotatable bonds is 2. The highest BCUT2D eigenvalue weighted by atomic mass is 32.1. The second kappa shape index (κ2) is 3.90. The Hall–Kier alpha value is -0.940. The number of likely N-dealkylation sites (tertiary alicyclic amines) is 1. The Morgan fingerprint density at radius 3 is 2.93 bits per heavy atom. The SMILES string of the molecule is Cc1cnc(C(C)N2CCC(N)C2=O)s1. The fourth-order valence-corrected chi connectivity index (χ4v) is 2.65. The van der Waals surface area contributed by atoms with Gasteiger partial charge in [0.05, 0.1) is 12.1 Å². The molecule has 0 spiro atoms. The van der Waals surface area contributed by atoms with E-state index in [2.05, 4.69) is 4.98 Å². The van der Waals surface area contributed by atoms with Crippen molar-refractivity contribution in [2.24, 2.45) is 5.73 Å². The van der Waals surface area contributed by atoms with Crippen LogP contribution in [0.2, 0.25) is 0 Å². The second-order valence-electron chi connectivity index (χ2n) is 3.91. The minimum absolute atomic E-state index is 0.0513. The van der Waals surface area contributed by atoms with Crippen LogP contribution in [0.25, 0.3) is 0 Å². The number of aromatic nitrogens is 1. The van der Waals surface area contributed by atoms with Crippen LogP contribution < -0.4 is 5.73 Å². The summed E-state index contributed by atoms with van der Waals surface area (Å²) in [7, 11) is 0. The Morgan fingerprint density at radius 2 is 2.47 bits per heavy atom. The van der Waals surface area contributed by atoms with Crippen molar-refractivity contribution < 1.29 is 4.79 Å². The van der Waals surface area contributed by atoms with Crippen molar-refractivity contribution >= 4 is 17.2 Å². The Kier molecular flexibility index (Phi) is 2.75. The molecular weight excluding hydrogens is 210 g/mol. The van der Waals surface area contributed by atoms with E-state index in [1.165, 1.54) is 4.88 Å². The minimum atomic E-state index is -0.312. The summed E-state index contributed by atoms with van der Waals surface area (Å²) >= 11 is 1.64. The van der Waals surface area contributed by atoms with E-state index in [1.807, 2.05) is 24.9 Å². The maximum absolute atomic E-state index is 11.7. The number of hydrogen-bond donors (Lipinski definition) is 1. The highest BCUT2D eigenvalue weighted by molar-refractivity contribution is 7.11. The van der Waals surface area contributed by atoms with E-state index in [4.69, 9.17) is 5.73 Å². The first kappa shape index (κ1) is 10.6. The molecule has 1 aromatic rings. The highest BCUT2D eigenvalue weighted by Gasteiger charge is 2.33. The molecule has 1 aliphatic heterocycles. The summed E-state index contributed by atoms with van der Waals surface area (Å²) < 4.78 is 0. The van der Waals surface area contributed by atoms with Crippen LogP contribution >= 0.6 is 11.3 Å². The molecule has 0 aromatic carbocycles. The lowest BCUT2D eigenvalue weighted by Gasteiger charge is -2.22. The number of carbonyl (C=O) groups is 1. The first-order valence-corrected chi connectivity index (χ1v) is 5.89. The number of amides is 1. The van der Waals surface area contributed by atoms with Gasteiger partial charge in [-0.05, 0) is 20.3 Å². The van der Waals surface area contributed by atoms with Gasteiger partial charge in [0.2, 0.25) is 5.91 Å². The van der Waals surface area contributed by atoms with Gasteiger partial charge in [-0.15, -0.1) is 11.3 Å². The molecule has 1 aromatic heterocycles. The third-order valence-corrected chi connectivity index (χ3v) is 3.83. The zero-order valence-corrected chi connectivity index (χ0v) is 9.75. The predicted molar refractivity (Wildman–Crippen MR) is 59.6 cm³/mol. The summed E-state index contributed by atoms with van der Waals surface area (Å²) in [6.07, 6.45) is 2.60. The number of aryl methyl sites for hydroxylation is 1. The second-order valence-corrected chi connectivity index (χ2v) is 5.18. The van der Waals surface area contributed by atoms with Crippen LogP contribution in [0.5, 0.6) is 0 Å². The topological polar surface area (TPSA) is 59.2 Å². The monoisotopic (exact) mass is 225 g/mol. The van der Waals surface area contributed by atoms with E-state index in [9.17, 15) is 4.79 Å². The summed E-state index contributed by atoms with van der Waals surface area (Å²) in [5.41, 5.74) is 5.68. The van der Waals surface area contributed by atoms with Crippen molar-refractivity contribution in [2.75, 3.05) is 6.54 Å². The lowest BCUT2D eigenvalue weighted by molar-refractivity contribution is -0.130. The van der Waals surface area contributed by atoms with Crippen molar-refractivity contribution in [2.45, 2.75) is 32.4 Å². The fourth-order valence-electron chi connectivity index (χ4n) is 1.81. The normalized spacial score (nSPS) is 23.5. The van der Waals surface area contributed by atoms with Gasteiger partial charge in [0.1, 0.15) is 5.01 Å². The molecule has 4 nitrogen and oxygen atoms in total. The number of nitrogens with zero attached hydrogens (tertiary/aromatic N) is 2.